The van der Waals surface area contributed by atoms with E-state index >= 15 is 0 Å². The number of piperazine rings is 1. The van der Waals surface area contributed by atoms with Gasteiger partial charge in [-0.3, -0.25) is 4.79 Å². The van der Waals surface area contributed by atoms with Crippen molar-refractivity contribution in [3.05, 3.63) is 66.4 Å². The number of pyridine rings is 1. The molecule has 2 aromatic rings. The van der Waals surface area contributed by atoms with Crippen LogP contribution in [-0.4, -0.2) is 81.2 Å². The quantitative estimate of drug-likeness (QED) is 0.119. The molecule has 9 nitrogen and oxygen atoms in total. The number of likely N-dealkylation sites (tertiary alicyclic amines) is 1. The molecule has 2 fully saturated rings. The van der Waals surface area contributed by atoms with E-state index in [1.165, 1.54) is 11.6 Å². The summed E-state index contributed by atoms with van der Waals surface area (Å²) in [6, 6.07) is 11.9. The molecule has 3 N–H and O–H groups in total. The van der Waals surface area contributed by atoms with Crippen LogP contribution in [0.3, 0.4) is 0 Å². The minimum Gasteiger partial charge on any atom is -0.0428 e. The number of alkyl halides is 1. The Morgan fingerprint density at radius 3 is 2.61 bits per heavy atom. The fraction of sp³-hybridized carbons (Fsp3) is 0.385. The zero-order valence-corrected chi connectivity index (χ0v) is 22.9. The number of anilines is 1. The molecule has 192 valence electrons. The summed E-state index contributed by atoms with van der Waals surface area (Å²) in [5, 5.41) is 0. The number of nitrogens with zero attached hydrogens (tertiary/aromatic N) is 5. The van der Waals surface area contributed by atoms with Crippen molar-refractivity contribution in [1.29, 1.82) is 0 Å². The molecule has 0 spiro atoms. The van der Waals surface area contributed by atoms with Crippen LogP contribution in [0.25, 0.3) is 0 Å². The summed E-state index contributed by atoms with van der Waals surface area (Å²) in [4.78, 5) is 41.8. The largest absolute Gasteiger partial charge is 0.0469 e. The van der Waals surface area contributed by atoms with E-state index in [2.05, 4.69) is 37.1 Å². The standard InChI is InChI=1S/C26H33IN7O2/c1-4-23(35)34-15-14-33(16-18(34)2)26(36)32-13-11-20(17-32)19-7-9-21(10-8-19)30-24(28)22-6-5-12-29-25(22)31-27-3/h4-10,12,18,20H,1,11,13-17H2,2-3H3,(H2,28,30)(H,29,31)/q-1/t18-,20?/m0/s1. The van der Waals surface area contributed by atoms with Gasteiger partial charge in [-0.1, -0.05) is 6.58 Å². The minimum absolute atomic E-state index is 0.0192. The number of nitrogens with one attached hydrogen (secondary N) is 1. The third kappa shape index (κ3) is 5.80. The van der Waals surface area contributed by atoms with Crippen LogP contribution in [0.1, 0.15) is 30.4 Å². The molecule has 0 radical (unpaired) electrons. The molecule has 36 heavy (non-hydrogen) atoms. The van der Waals surface area contributed by atoms with Gasteiger partial charge < -0.3 is 9.80 Å². The van der Waals surface area contributed by atoms with E-state index in [0.29, 0.717) is 32.0 Å². The number of carbonyl (C=O) groups is 2. The number of halogens is 1. The van der Waals surface area contributed by atoms with Crippen LogP contribution in [0, 0.1) is 0 Å². The number of aliphatic imine (C=N–C) groups is 1. The number of benzene rings is 1. The van der Waals surface area contributed by atoms with Gasteiger partial charge in [-0.15, -0.1) is 0 Å². The van der Waals surface area contributed by atoms with Crippen molar-refractivity contribution >= 4 is 29.3 Å². The van der Waals surface area contributed by atoms with Gasteiger partial charge in [0.15, 0.2) is 0 Å². The first-order chi connectivity index (χ1) is 17.4. The Kier molecular flexibility index (Phi) is 8.44. The topological polar surface area (TPSA) is 107 Å². The van der Waals surface area contributed by atoms with Gasteiger partial charge >= 0.3 is 153 Å². The monoisotopic (exact) mass is 602 g/mol. The van der Waals surface area contributed by atoms with Crippen molar-refractivity contribution in [2.75, 3.05) is 41.2 Å². The average Bonchev–Trinajstić information content (AvgIpc) is 3.39. The molecule has 2 aliphatic heterocycles. The summed E-state index contributed by atoms with van der Waals surface area (Å²) in [5.41, 5.74) is 9.07. The number of aromatic nitrogens is 1. The van der Waals surface area contributed by atoms with Crippen LogP contribution in [0.2, 0.25) is 0 Å². The molecular formula is C26H33IN7O2-. The van der Waals surface area contributed by atoms with E-state index in [1.54, 1.807) is 11.1 Å². The van der Waals surface area contributed by atoms with Gasteiger partial charge in [-0.25, -0.2) is 4.79 Å². The predicted octanol–water partition coefficient (Wildman–Crippen LogP) is -0.208. The SMILES string of the molecule is C=CC(=O)N1CCN(C(=O)N2CCC(c3ccc(N=C(N)c4cccnc4N[I-]C)cc3)C2)C[C@@H]1C. The smallest absolute Gasteiger partial charge is 0.0428 e. The van der Waals surface area contributed by atoms with Gasteiger partial charge in [0.05, 0.1) is 0 Å². The molecule has 10 heteroatoms. The number of hydrogen-bond acceptors (Lipinski definition) is 5. The van der Waals surface area contributed by atoms with Crippen molar-refractivity contribution < 1.29 is 31.1 Å². The van der Waals surface area contributed by atoms with E-state index in [1.807, 2.05) is 41.0 Å². The number of amides is 3. The fourth-order valence-corrected chi connectivity index (χ4v) is 5.72. The van der Waals surface area contributed by atoms with Gasteiger partial charge in [0, 0.05) is 25.7 Å². The maximum absolute atomic E-state index is 13.1. The first-order valence-corrected chi connectivity index (χ1v) is 15.3. The Bertz CT molecular complexity index is 1140. The van der Waals surface area contributed by atoms with Crippen LogP contribution in [0.15, 0.2) is 60.2 Å². The first kappa shape index (κ1) is 25.9. The summed E-state index contributed by atoms with van der Waals surface area (Å²) in [5.74, 6) is 1.40. The maximum Gasteiger partial charge on any atom is 0.0469 e. The Hall–Kier alpha value is -3.15. The van der Waals surface area contributed by atoms with Gasteiger partial charge in [-0.2, -0.15) is 0 Å². The minimum atomic E-state index is -0.179. The molecule has 3 amide bonds. The number of carbonyl (C=O) groups excluding carboxylic acids is 2. The van der Waals surface area contributed by atoms with E-state index in [0.717, 1.165) is 30.0 Å². The molecule has 1 aromatic heterocycles. The summed E-state index contributed by atoms with van der Waals surface area (Å²) in [7, 11) is 0. The average molecular weight is 603 g/mol. The molecule has 1 aromatic carbocycles. The van der Waals surface area contributed by atoms with Crippen LogP contribution >= 0.6 is 0 Å². The molecule has 0 saturated carbocycles. The molecule has 4 rings (SSSR count). The summed E-state index contributed by atoms with van der Waals surface area (Å²) < 4.78 is 3.32. The van der Waals surface area contributed by atoms with E-state index < -0.39 is 0 Å². The Balaban J connectivity index is 1.36. The molecule has 0 bridgehead atoms. The van der Waals surface area contributed by atoms with Gasteiger partial charge in [0.1, 0.15) is 0 Å². The molecule has 3 heterocycles. The fourth-order valence-electron chi connectivity index (χ4n) is 4.78. The van der Waals surface area contributed by atoms with Gasteiger partial charge in [0.2, 0.25) is 5.91 Å². The second-order valence-electron chi connectivity index (χ2n) is 9.02. The molecule has 2 aliphatic rings. The molecular weight excluding hydrogens is 569 g/mol. The zero-order chi connectivity index (χ0) is 25.7. The van der Waals surface area contributed by atoms with Crippen molar-refractivity contribution in [2.45, 2.75) is 25.3 Å². The summed E-state index contributed by atoms with van der Waals surface area (Å²) >= 11 is -0.179. The third-order valence-corrected chi connectivity index (χ3v) is 7.75. The van der Waals surface area contributed by atoms with Crippen LogP contribution < -0.4 is 30.7 Å². The Labute approximate surface area is 223 Å². The Morgan fingerprint density at radius 2 is 1.92 bits per heavy atom. The number of urea groups is 1. The predicted molar refractivity (Wildman–Crippen MR) is 138 cm³/mol. The summed E-state index contributed by atoms with van der Waals surface area (Å²) in [6.45, 7) is 8.59. The van der Waals surface area contributed by atoms with Gasteiger partial charge in [-0.05, 0) is 13.0 Å². The second-order valence-corrected chi connectivity index (χ2v) is 10.6. The van der Waals surface area contributed by atoms with Crippen molar-refractivity contribution in [3.8, 4) is 0 Å². The first-order valence-electron chi connectivity index (χ1n) is 12.0. The van der Waals surface area contributed by atoms with E-state index in [4.69, 9.17) is 5.73 Å². The van der Waals surface area contributed by atoms with E-state index in [9.17, 15) is 9.59 Å². The van der Waals surface area contributed by atoms with Gasteiger partial charge in [0.25, 0.3) is 0 Å². The molecule has 2 saturated heterocycles. The second kappa shape index (κ2) is 11.7. The number of amidine groups is 1. The number of rotatable bonds is 6. The van der Waals surface area contributed by atoms with Crippen molar-refractivity contribution in [2.24, 2.45) is 10.7 Å². The van der Waals surface area contributed by atoms with Crippen molar-refractivity contribution in [1.82, 2.24) is 19.7 Å². The normalized spacial score (nSPS) is 20.5. The molecule has 2 atom stereocenters. The summed E-state index contributed by atoms with van der Waals surface area (Å²) in [6.07, 6.45) is 4.00. The van der Waals surface area contributed by atoms with Crippen LogP contribution in [0.5, 0.6) is 0 Å². The van der Waals surface area contributed by atoms with Crippen LogP contribution in [-0.2, 0) is 4.79 Å². The van der Waals surface area contributed by atoms with Crippen molar-refractivity contribution in [3.63, 3.8) is 0 Å². The van der Waals surface area contributed by atoms with E-state index in [-0.39, 0.29) is 45.4 Å². The van der Waals surface area contributed by atoms with Crippen LogP contribution in [0.4, 0.5) is 16.3 Å². The maximum atomic E-state index is 13.1. The zero-order valence-electron chi connectivity index (χ0n) is 20.7. The number of nitrogens with two attached hydrogens (primary N) is 1. The Morgan fingerprint density at radius 1 is 1.17 bits per heavy atom. The molecule has 0 aliphatic carbocycles. The molecule has 1 unspecified atom stereocenters. The number of hydrogen-bond donors (Lipinski definition) is 2. The third-order valence-electron chi connectivity index (χ3n) is 6.70.